The lowest BCUT2D eigenvalue weighted by Crippen LogP contribution is -2.10. The second-order valence-corrected chi connectivity index (χ2v) is 8.25. The van der Waals surface area contributed by atoms with Gasteiger partial charge in [0.25, 0.3) is 0 Å². The summed E-state index contributed by atoms with van der Waals surface area (Å²) in [6, 6.07) is 13.6. The molecule has 1 unspecified atom stereocenters. The molecular weight excluding hydrogens is 304 g/mol. The molecule has 3 nitrogen and oxygen atoms in total. The first-order chi connectivity index (χ1) is 10.0. The first kappa shape index (κ1) is 14.5. The minimum Gasteiger partial charge on any atom is -0.457 e. The van der Waals surface area contributed by atoms with Crippen LogP contribution in [0.15, 0.2) is 53.4 Å². The standard InChI is InChI=1S/C16H14O3S2/c1-12-2-4-13(5-3-12)19-14-6-8-16(9-7-14)21(17,18)11-15-10-20-15/h1-9,15H,10-11H2. The molecule has 0 aromatic heterocycles. The zero-order valence-corrected chi connectivity index (χ0v) is 12.9. The maximum Gasteiger partial charge on any atom is 0.179 e. The van der Waals surface area contributed by atoms with E-state index in [0.29, 0.717) is 22.0 Å². The van der Waals surface area contributed by atoms with Crippen molar-refractivity contribution in [3.05, 3.63) is 61.0 Å². The summed E-state index contributed by atoms with van der Waals surface area (Å²) in [5.74, 6) is 2.42. The minimum absolute atomic E-state index is 0.218. The summed E-state index contributed by atoms with van der Waals surface area (Å²) >= 11 is 1.68. The van der Waals surface area contributed by atoms with Crippen molar-refractivity contribution in [1.29, 1.82) is 0 Å². The van der Waals surface area contributed by atoms with Crippen molar-refractivity contribution >= 4 is 21.6 Å². The molecule has 3 rings (SSSR count). The van der Waals surface area contributed by atoms with Gasteiger partial charge in [0.05, 0.1) is 10.6 Å². The van der Waals surface area contributed by atoms with Crippen molar-refractivity contribution in [2.75, 3.05) is 11.5 Å². The molecule has 1 fully saturated rings. The van der Waals surface area contributed by atoms with E-state index in [1.807, 2.05) is 0 Å². The van der Waals surface area contributed by atoms with Gasteiger partial charge in [-0.25, -0.2) is 8.42 Å². The van der Waals surface area contributed by atoms with Crippen molar-refractivity contribution in [3.63, 3.8) is 0 Å². The molecule has 1 saturated heterocycles. The van der Waals surface area contributed by atoms with Crippen LogP contribution in [0, 0.1) is 6.92 Å². The van der Waals surface area contributed by atoms with Crippen LogP contribution < -0.4 is 4.74 Å². The van der Waals surface area contributed by atoms with Crippen LogP contribution >= 0.6 is 11.8 Å². The predicted molar refractivity (Wildman–Crippen MR) is 84.7 cm³/mol. The summed E-state index contributed by atoms with van der Waals surface area (Å²) in [6.45, 7) is 5.61. The first-order valence-corrected chi connectivity index (χ1v) is 9.21. The fourth-order valence-electron chi connectivity index (χ4n) is 1.89. The summed E-state index contributed by atoms with van der Waals surface area (Å²) in [6.07, 6.45) is 0. The Morgan fingerprint density at radius 2 is 1.57 bits per heavy atom. The highest BCUT2D eigenvalue weighted by molar-refractivity contribution is 8.08. The highest BCUT2D eigenvalue weighted by Gasteiger charge is 2.29. The molecule has 108 valence electrons. The maximum atomic E-state index is 12.1. The molecule has 1 aliphatic heterocycles. The zero-order valence-electron chi connectivity index (χ0n) is 11.2. The Bertz CT molecular complexity index is 715. The van der Waals surface area contributed by atoms with Gasteiger partial charge in [-0.2, -0.15) is 11.8 Å². The second-order valence-electron chi connectivity index (χ2n) is 4.88. The Morgan fingerprint density at radius 1 is 1.05 bits per heavy atom. The molecule has 21 heavy (non-hydrogen) atoms. The van der Waals surface area contributed by atoms with Crippen molar-refractivity contribution < 1.29 is 13.2 Å². The average Bonchev–Trinajstić information content (AvgIpc) is 3.25. The van der Waals surface area contributed by atoms with Crippen LogP contribution in [0.4, 0.5) is 0 Å². The van der Waals surface area contributed by atoms with Crippen LogP contribution in [-0.4, -0.2) is 25.2 Å². The molecule has 0 bridgehead atoms. The van der Waals surface area contributed by atoms with Gasteiger partial charge < -0.3 is 4.74 Å². The smallest absolute Gasteiger partial charge is 0.179 e. The molecule has 2 aromatic carbocycles. The van der Waals surface area contributed by atoms with Crippen molar-refractivity contribution in [1.82, 2.24) is 0 Å². The number of hydrogen-bond acceptors (Lipinski definition) is 4. The van der Waals surface area contributed by atoms with Crippen LogP contribution in [0.5, 0.6) is 11.5 Å². The van der Waals surface area contributed by atoms with Gasteiger partial charge in [-0.1, -0.05) is 12.1 Å². The molecule has 0 amide bonds. The molecule has 2 radical (unpaired) electrons. The molecular formula is C16H14O3S2. The third-order valence-corrected chi connectivity index (χ3v) is 6.12. The highest BCUT2D eigenvalue weighted by atomic mass is 32.2. The van der Waals surface area contributed by atoms with E-state index in [4.69, 9.17) is 11.7 Å². The van der Waals surface area contributed by atoms with Gasteiger partial charge in [0, 0.05) is 11.0 Å². The average molecular weight is 318 g/mol. The Kier molecular flexibility index (Phi) is 3.95. The van der Waals surface area contributed by atoms with Gasteiger partial charge in [0.1, 0.15) is 11.5 Å². The van der Waals surface area contributed by atoms with Crippen LogP contribution in [0.1, 0.15) is 5.56 Å². The van der Waals surface area contributed by atoms with Crippen LogP contribution in [0.2, 0.25) is 0 Å². The fourth-order valence-corrected chi connectivity index (χ4v) is 4.57. The highest BCUT2D eigenvalue weighted by Crippen LogP contribution is 2.33. The minimum atomic E-state index is -3.19. The van der Waals surface area contributed by atoms with Crippen molar-refractivity contribution in [2.24, 2.45) is 0 Å². The van der Waals surface area contributed by atoms with Gasteiger partial charge in [0.15, 0.2) is 9.84 Å². The van der Waals surface area contributed by atoms with E-state index in [1.54, 1.807) is 60.3 Å². The number of sulfone groups is 1. The monoisotopic (exact) mass is 318 g/mol. The Labute approximate surface area is 129 Å². The first-order valence-electron chi connectivity index (χ1n) is 6.51. The van der Waals surface area contributed by atoms with Crippen molar-refractivity contribution in [3.8, 4) is 11.5 Å². The predicted octanol–water partition coefficient (Wildman–Crippen LogP) is 3.43. The molecule has 0 N–H and O–H groups in total. The van der Waals surface area contributed by atoms with Crippen LogP contribution in [0.25, 0.3) is 0 Å². The Morgan fingerprint density at radius 3 is 2.10 bits per heavy atom. The quantitative estimate of drug-likeness (QED) is 0.792. The topological polar surface area (TPSA) is 43.4 Å². The zero-order chi connectivity index (χ0) is 14.9. The van der Waals surface area contributed by atoms with E-state index < -0.39 is 9.84 Å². The largest absolute Gasteiger partial charge is 0.457 e. The number of rotatable bonds is 5. The van der Waals surface area contributed by atoms with E-state index in [0.717, 1.165) is 5.75 Å². The summed E-state index contributed by atoms with van der Waals surface area (Å²) in [5, 5.41) is 0.265. The molecule has 1 heterocycles. The molecule has 0 spiro atoms. The van der Waals surface area contributed by atoms with E-state index in [2.05, 4.69) is 0 Å². The summed E-state index contributed by atoms with van der Waals surface area (Å²) in [4.78, 5) is 0.347. The summed E-state index contributed by atoms with van der Waals surface area (Å²) in [7, 11) is -3.19. The van der Waals surface area contributed by atoms with Crippen LogP contribution in [0.3, 0.4) is 0 Å². The van der Waals surface area contributed by atoms with Gasteiger partial charge in [-0.3, -0.25) is 0 Å². The lowest BCUT2D eigenvalue weighted by atomic mass is 10.2. The normalized spacial score (nSPS) is 17.5. The lowest BCUT2D eigenvalue weighted by molar-refractivity contribution is 0.482. The SMILES string of the molecule is [CH]c1ccc(Oc2ccc(S(=O)(=O)CC3CS3)cc2)cc1. The van der Waals surface area contributed by atoms with E-state index in [1.165, 1.54) is 0 Å². The third-order valence-electron chi connectivity index (χ3n) is 3.11. The van der Waals surface area contributed by atoms with E-state index in [-0.39, 0.29) is 11.0 Å². The molecule has 2 aromatic rings. The molecule has 0 aliphatic carbocycles. The van der Waals surface area contributed by atoms with E-state index in [9.17, 15) is 8.42 Å². The van der Waals surface area contributed by atoms with E-state index >= 15 is 0 Å². The summed E-state index contributed by atoms with van der Waals surface area (Å²) < 4.78 is 29.9. The number of ether oxygens (including phenoxy) is 1. The van der Waals surface area contributed by atoms with Gasteiger partial charge in [-0.05, 0) is 48.9 Å². The van der Waals surface area contributed by atoms with Gasteiger partial charge in [0.2, 0.25) is 0 Å². The molecule has 5 heteroatoms. The fraction of sp³-hybridized carbons (Fsp3) is 0.188. The maximum absolute atomic E-state index is 12.1. The molecule has 1 atom stereocenters. The summed E-state index contributed by atoms with van der Waals surface area (Å²) in [5.41, 5.74) is 0.668. The van der Waals surface area contributed by atoms with Crippen molar-refractivity contribution in [2.45, 2.75) is 10.1 Å². The Hall–Kier alpha value is -1.46. The third kappa shape index (κ3) is 3.80. The second kappa shape index (κ2) is 5.73. The number of hydrogen-bond donors (Lipinski definition) is 0. The van der Waals surface area contributed by atoms with Crippen LogP contribution in [-0.2, 0) is 9.84 Å². The van der Waals surface area contributed by atoms with Gasteiger partial charge >= 0.3 is 0 Å². The Balaban J connectivity index is 1.72. The number of benzene rings is 2. The molecule has 0 saturated carbocycles. The molecule has 1 aliphatic rings. The number of thioether (sulfide) groups is 1. The lowest BCUT2D eigenvalue weighted by Gasteiger charge is -2.07. The van der Waals surface area contributed by atoms with Gasteiger partial charge in [-0.15, -0.1) is 0 Å².